The van der Waals surface area contributed by atoms with E-state index in [0.29, 0.717) is 17.1 Å². The third-order valence-corrected chi connectivity index (χ3v) is 4.99. The number of rotatable bonds is 4. The number of nitrogens with one attached hydrogen (secondary N) is 2. The molecule has 3 aromatic rings. The van der Waals surface area contributed by atoms with Crippen molar-refractivity contribution >= 4 is 21.8 Å². The van der Waals surface area contributed by atoms with Gasteiger partial charge in [-0.2, -0.15) is 5.10 Å². The largest absolute Gasteiger partial charge is 0.342 e. The molecule has 140 valence electrons. The number of aromatic amines is 1. The Labute approximate surface area is 165 Å². The van der Waals surface area contributed by atoms with Crippen LogP contribution in [0.25, 0.3) is 11.3 Å². The Balaban J connectivity index is 1.82. The minimum absolute atomic E-state index is 0.108. The molecule has 0 bridgehead atoms. The first-order valence-electron chi connectivity index (χ1n) is 8.44. The van der Waals surface area contributed by atoms with Gasteiger partial charge in [-0.1, -0.05) is 28.1 Å². The van der Waals surface area contributed by atoms with Crippen LogP contribution in [-0.2, 0) is 7.05 Å². The van der Waals surface area contributed by atoms with Crippen LogP contribution in [0.3, 0.4) is 0 Å². The monoisotopic (exact) mass is 429 g/mol. The Morgan fingerprint density at radius 2 is 1.93 bits per heavy atom. The predicted molar refractivity (Wildman–Crippen MR) is 107 cm³/mol. The van der Waals surface area contributed by atoms with Crippen LogP contribution in [0.2, 0.25) is 0 Å². The Morgan fingerprint density at radius 1 is 1.26 bits per heavy atom. The molecule has 2 heterocycles. The fraction of sp³-hybridized carbons (Fsp3) is 0.263. The first-order chi connectivity index (χ1) is 12.8. The number of hydrogen-bond donors (Lipinski definition) is 2. The van der Waals surface area contributed by atoms with Crippen molar-refractivity contribution in [1.29, 1.82) is 0 Å². The van der Waals surface area contributed by atoms with Gasteiger partial charge in [0.15, 0.2) is 0 Å². The zero-order chi connectivity index (χ0) is 19.7. The van der Waals surface area contributed by atoms with Gasteiger partial charge in [0, 0.05) is 11.5 Å². The molecule has 0 saturated heterocycles. The molecule has 1 amide bonds. The average Bonchev–Trinajstić information content (AvgIpc) is 3.11. The number of aryl methyl sites for hydroxylation is 2. The summed E-state index contributed by atoms with van der Waals surface area (Å²) < 4.78 is 2.18. The molecule has 0 saturated carbocycles. The van der Waals surface area contributed by atoms with Gasteiger partial charge in [-0.15, -0.1) is 0 Å². The molecule has 8 heteroatoms. The van der Waals surface area contributed by atoms with Gasteiger partial charge in [0.2, 0.25) is 0 Å². The van der Waals surface area contributed by atoms with Crippen LogP contribution in [0, 0.1) is 13.8 Å². The number of H-pyrrole nitrogens is 1. The molecular formula is C19H20BrN5O2. The van der Waals surface area contributed by atoms with Crippen molar-refractivity contribution in [2.45, 2.75) is 26.8 Å². The maximum Gasteiger partial charge on any atom is 0.279 e. The lowest BCUT2D eigenvalue weighted by Crippen LogP contribution is -2.36. The van der Waals surface area contributed by atoms with Crippen LogP contribution in [0.5, 0.6) is 0 Å². The van der Waals surface area contributed by atoms with Crippen LogP contribution < -0.4 is 10.9 Å². The van der Waals surface area contributed by atoms with E-state index in [1.807, 2.05) is 31.2 Å². The van der Waals surface area contributed by atoms with E-state index in [9.17, 15) is 9.59 Å². The lowest BCUT2D eigenvalue weighted by Gasteiger charge is -2.14. The van der Waals surface area contributed by atoms with Gasteiger partial charge in [-0.3, -0.25) is 9.59 Å². The summed E-state index contributed by atoms with van der Waals surface area (Å²) >= 11 is 3.41. The number of imidazole rings is 1. The van der Waals surface area contributed by atoms with Crippen molar-refractivity contribution in [1.82, 2.24) is 25.1 Å². The Kier molecular flexibility index (Phi) is 5.27. The zero-order valence-electron chi connectivity index (χ0n) is 15.5. The SMILES string of the molecule is Cc1nn(C)c(=O)c(C(=O)NC(C)c2ncc(-c3ccc(Br)cc3)[nH]2)c1C. The van der Waals surface area contributed by atoms with E-state index in [4.69, 9.17) is 0 Å². The molecule has 27 heavy (non-hydrogen) atoms. The lowest BCUT2D eigenvalue weighted by atomic mass is 10.1. The van der Waals surface area contributed by atoms with Gasteiger partial charge in [-0.05, 0) is 44.0 Å². The van der Waals surface area contributed by atoms with Gasteiger partial charge in [0.25, 0.3) is 11.5 Å². The number of benzene rings is 1. The second-order valence-corrected chi connectivity index (χ2v) is 7.31. The van der Waals surface area contributed by atoms with Crippen LogP contribution in [0.4, 0.5) is 0 Å². The quantitative estimate of drug-likeness (QED) is 0.666. The van der Waals surface area contributed by atoms with E-state index in [1.165, 1.54) is 11.7 Å². The molecule has 1 atom stereocenters. The van der Waals surface area contributed by atoms with Gasteiger partial charge in [-0.25, -0.2) is 9.67 Å². The Bertz CT molecular complexity index is 1050. The van der Waals surface area contributed by atoms with E-state index < -0.39 is 11.5 Å². The molecule has 2 N–H and O–H groups in total. The molecule has 0 aliphatic heterocycles. The number of carbonyl (C=O) groups is 1. The van der Waals surface area contributed by atoms with E-state index in [2.05, 4.69) is 36.3 Å². The highest BCUT2D eigenvalue weighted by Gasteiger charge is 2.21. The standard InChI is InChI=1S/C19H20BrN5O2/c1-10-11(2)24-25(4)19(27)16(10)18(26)22-12(3)17-21-9-15(23-17)13-5-7-14(20)8-6-13/h5-9,12H,1-4H3,(H,21,23)(H,22,26). The fourth-order valence-electron chi connectivity index (χ4n) is 2.79. The number of amides is 1. The molecule has 1 unspecified atom stereocenters. The van der Waals surface area contributed by atoms with Crippen LogP contribution >= 0.6 is 15.9 Å². The van der Waals surface area contributed by atoms with Crippen molar-refractivity contribution in [2.75, 3.05) is 0 Å². The topological polar surface area (TPSA) is 92.7 Å². The first-order valence-corrected chi connectivity index (χ1v) is 9.23. The Hall–Kier alpha value is -2.74. The van der Waals surface area contributed by atoms with Crippen molar-refractivity contribution in [3.8, 4) is 11.3 Å². The average molecular weight is 430 g/mol. The van der Waals surface area contributed by atoms with E-state index in [-0.39, 0.29) is 11.6 Å². The number of nitrogens with zero attached hydrogens (tertiary/aromatic N) is 3. The van der Waals surface area contributed by atoms with E-state index in [0.717, 1.165) is 15.7 Å². The molecule has 7 nitrogen and oxygen atoms in total. The summed E-state index contributed by atoms with van der Waals surface area (Å²) in [7, 11) is 1.53. The highest BCUT2D eigenvalue weighted by Crippen LogP contribution is 2.21. The second kappa shape index (κ2) is 7.48. The third kappa shape index (κ3) is 3.85. The van der Waals surface area contributed by atoms with Crippen LogP contribution in [-0.4, -0.2) is 25.7 Å². The normalized spacial score (nSPS) is 12.0. The number of carbonyl (C=O) groups excluding carboxylic acids is 1. The van der Waals surface area contributed by atoms with Crippen molar-refractivity contribution in [2.24, 2.45) is 7.05 Å². The molecule has 1 aromatic carbocycles. The Morgan fingerprint density at radius 3 is 2.59 bits per heavy atom. The second-order valence-electron chi connectivity index (χ2n) is 6.40. The predicted octanol–water partition coefficient (Wildman–Crippen LogP) is 3.04. The molecule has 0 radical (unpaired) electrons. The third-order valence-electron chi connectivity index (χ3n) is 4.46. The number of hydrogen-bond acceptors (Lipinski definition) is 4. The van der Waals surface area contributed by atoms with Crippen molar-refractivity contribution < 1.29 is 4.79 Å². The highest BCUT2D eigenvalue weighted by molar-refractivity contribution is 9.10. The molecule has 0 aliphatic carbocycles. The van der Waals surface area contributed by atoms with E-state index >= 15 is 0 Å². The molecular weight excluding hydrogens is 410 g/mol. The van der Waals surface area contributed by atoms with Gasteiger partial charge < -0.3 is 10.3 Å². The first kappa shape index (κ1) is 19.0. The smallest absolute Gasteiger partial charge is 0.279 e. The summed E-state index contributed by atoms with van der Waals surface area (Å²) in [5.74, 6) is 0.175. The lowest BCUT2D eigenvalue weighted by molar-refractivity contribution is 0.0935. The molecule has 0 spiro atoms. The fourth-order valence-corrected chi connectivity index (χ4v) is 3.05. The van der Waals surface area contributed by atoms with Gasteiger partial charge >= 0.3 is 0 Å². The number of halogens is 1. The summed E-state index contributed by atoms with van der Waals surface area (Å²) in [5, 5.41) is 6.94. The summed E-state index contributed by atoms with van der Waals surface area (Å²) in [6, 6.07) is 7.45. The molecule has 2 aromatic heterocycles. The zero-order valence-corrected chi connectivity index (χ0v) is 17.1. The minimum atomic E-state index is -0.437. The summed E-state index contributed by atoms with van der Waals surface area (Å²) in [4.78, 5) is 32.6. The van der Waals surface area contributed by atoms with Crippen molar-refractivity contribution in [3.63, 3.8) is 0 Å². The maximum absolute atomic E-state index is 12.7. The minimum Gasteiger partial charge on any atom is -0.342 e. The summed E-state index contributed by atoms with van der Waals surface area (Å²) in [6.07, 6.45) is 1.72. The van der Waals surface area contributed by atoms with Crippen LogP contribution in [0.1, 0.15) is 40.4 Å². The van der Waals surface area contributed by atoms with E-state index in [1.54, 1.807) is 20.0 Å². The molecule has 0 fully saturated rings. The summed E-state index contributed by atoms with van der Waals surface area (Å²) in [5.41, 5.74) is 2.76. The summed E-state index contributed by atoms with van der Waals surface area (Å²) in [6.45, 7) is 5.31. The number of aromatic nitrogens is 4. The van der Waals surface area contributed by atoms with Crippen LogP contribution in [0.15, 0.2) is 39.7 Å². The van der Waals surface area contributed by atoms with Gasteiger partial charge in [0.05, 0.1) is 23.6 Å². The molecule has 3 rings (SSSR count). The molecule has 0 aliphatic rings. The van der Waals surface area contributed by atoms with Crippen molar-refractivity contribution in [3.05, 3.63) is 67.9 Å². The maximum atomic E-state index is 12.7. The van der Waals surface area contributed by atoms with Gasteiger partial charge in [0.1, 0.15) is 11.4 Å². The highest BCUT2D eigenvalue weighted by atomic mass is 79.9.